The van der Waals surface area contributed by atoms with Gasteiger partial charge >= 0.3 is 0 Å². The summed E-state index contributed by atoms with van der Waals surface area (Å²) in [6.07, 6.45) is 3.92. The first kappa shape index (κ1) is 18.7. The fourth-order valence-electron chi connectivity index (χ4n) is 2.38. The Morgan fingerprint density at radius 1 is 1.14 bits per heavy atom. The van der Waals surface area contributed by atoms with Crippen molar-refractivity contribution in [2.45, 2.75) is 19.3 Å². The Balaban J connectivity index is 0.00000242. The van der Waals surface area contributed by atoms with E-state index in [2.05, 4.69) is 4.90 Å². The zero-order valence-electron chi connectivity index (χ0n) is 12.6. The predicted octanol–water partition coefficient (Wildman–Crippen LogP) is 2.90. The molecule has 0 spiro atoms. The number of ether oxygens (including phenoxy) is 2. The predicted molar refractivity (Wildman–Crippen MR) is 86.9 cm³/mol. The summed E-state index contributed by atoms with van der Waals surface area (Å²) in [5.41, 5.74) is 0.0403. The molecule has 0 unspecified atom stereocenters. The zero-order valence-corrected chi connectivity index (χ0v) is 13.4. The monoisotopic (exact) mass is 330 g/mol. The Labute approximate surface area is 137 Å². The molecule has 124 valence electrons. The van der Waals surface area contributed by atoms with Crippen molar-refractivity contribution in [3.63, 3.8) is 0 Å². The molecule has 6 nitrogen and oxygen atoms in total. The number of benzene rings is 1. The second-order valence-corrected chi connectivity index (χ2v) is 5.12. The van der Waals surface area contributed by atoms with Crippen molar-refractivity contribution in [2.75, 3.05) is 39.5 Å². The summed E-state index contributed by atoms with van der Waals surface area (Å²) in [7, 11) is 0. The summed E-state index contributed by atoms with van der Waals surface area (Å²) >= 11 is 0. The quantitative estimate of drug-likeness (QED) is 0.416. The highest BCUT2D eigenvalue weighted by Gasteiger charge is 2.09. The summed E-state index contributed by atoms with van der Waals surface area (Å²) < 4.78 is 11.0. The molecule has 1 heterocycles. The Morgan fingerprint density at radius 3 is 2.64 bits per heavy atom. The Hall–Kier alpha value is -1.37. The van der Waals surface area contributed by atoms with Gasteiger partial charge in [-0.1, -0.05) is 12.5 Å². The first-order valence-electron chi connectivity index (χ1n) is 7.43. The molecular weight excluding hydrogens is 308 g/mol. The number of nitro groups is 1. The van der Waals surface area contributed by atoms with Crippen molar-refractivity contribution in [3.8, 4) is 5.75 Å². The van der Waals surface area contributed by atoms with Gasteiger partial charge in [0.05, 0.1) is 24.2 Å². The molecule has 1 aromatic rings. The van der Waals surface area contributed by atoms with E-state index in [1.807, 2.05) is 0 Å². The molecule has 0 atom stereocenters. The first-order chi connectivity index (χ1) is 10.3. The van der Waals surface area contributed by atoms with Crippen LogP contribution in [0.25, 0.3) is 0 Å². The van der Waals surface area contributed by atoms with E-state index < -0.39 is 4.92 Å². The third-order valence-electron chi connectivity index (χ3n) is 3.53. The topological polar surface area (TPSA) is 64.8 Å². The van der Waals surface area contributed by atoms with E-state index in [0.717, 1.165) is 6.54 Å². The normalized spacial score (nSPS) is 15.1. The average Bonchev–Trinajstić information content (AvgIpc) is 2.52. The van der Waals surface area contributed by atoms with E-state index in [-0.39, 0.29) is 18.1 Å². The highest BCUT2D eigenvalue weighted by Crippen LogP contribution is 2.18. The number of hydrogen-bond donors (Lipinski definition) is 0. The van der Waals surface area contributed by atoms with Crippen molar-refractivity contribution >= 4 is 18.1 Å². The lowest BCUT2D eigenvalue weighted by atomic mass is 10.1. The molecule has 0 amide bonds. The molecule has 0 aromatic heterocycles. The number of likely N-dealkylation sites (tertiary alicyclic amines) is 1. The fraction of sp³-hybridized carbons (Fsp3) is 0.600. The minimum absolute atomic E-state index is 0. The maximum absolute atomic E-state index is 10.6. The third-order valence-corrected chi connectivity index (χ3v) is 3.53. The number of halogens is 1. The van der Waals surface area contributed by atoms with Crippen LogP contribution in [0.4, 0.5) is 5.69 Å². The molecule has 1 aromatic carbocycles. The lowest BCUT2D eigenvalue weighted by Crippen LogP contribution is -2.32. The van der Waals surface area contributed by atoms with Crippen LogP contribution in [0.15, 0.2) is 24.3 Å². The van der Waals surface area contributed by atoms with Crippen LogP contribution in [0.1, 0.15) is 19.3 Å². The molecule has 2 rings (SSSR count). The molecule has 0 aliphatic carbocycles. The van der Waals surface area contributed by atoms with E-state index in [0.29, 0.717) is 25.6 Å². The summed E-state index contributed by atoms with van der Waals surface area (Å²) in [5, 5.41) is 10.6. The van der Waals surface area contributed by atoms with Gasteiger partial charge in [0.1, 0.15) is 12.4 Å². The zero-order chi connectivity index (χ0) is 14.9. The molecule has 0 saturated carbocycles. The van der Waals surface area contributed by atoms with Crippen molar-refractivity contribution in [3.05, 3.63) is 34.4 Å². The molecule has 7 heteroatoms. The Morgan fingerprint density at radius 2 is 1.91 bits per heavy atom. The summed E-state index contributed by atoms with van der Waals surface area (Å²) in [6, 6.07) is 6.20. The van der Waals surface area contributed by atoms with Crippen LogP contribution in [0, 0.1) is 10.1 Å². The number of piperidine rings is 1. The van der Waals surface area contributed by atoms with Gasteiger partial charge in [0.25, 0.3) is 5.69 Å². The number of hydrogen-bond acceptors (Lipinski definition) is 5. The van der Waals surface area contributed by atoms with Gasteiger partial charge in [-0.05, 0) is 32.0 Å². The van der Waals surface area contributed by atoms with Gasteiger partial charge in [-0.2, -0.15) is 0 Å². The second-order valence-electron chi connectivity index (χ2n) is 5.12. The molecule has 0 radical (unpaired) electrons. The molecular formula is C15H23ClN2O4. The smallest absolute Gasteiger partial charge is 0.273 e. The van der Waals surface area contributed by atoms with E-state index in [9.17, 15) is 10.1 Å². The van der Waals surface area contributed by atoms with Gasteiger partial charge in [-0.25, -0.2) is 0 Å². The summed E-state index contributed by atoms with van der Waals surface area (Å²) in [4.78, 5) is 12.6. The fourth-order valence-corrected chi connectivity index (χ4v) is 2.38. The number of non-ortho nitro benzene ring substituents is 1. The van der Waals surface area contributed by atoms with Crippen molar-refractivity contribution in [1.29, 1.82) is 0 Å². The van der Waals surface area contributed by atoms with Crippen LogP contribution in [-0.2, 0) is 4.74 Å². The van der Waals surface area contributed by atoms with Gasteiger partial charge in [-0.15, -0.1) is 12.4 Å². The van der Waals surface area contributed by atoms with Crippen molar-refractivity contribution in [1.82, 2.24) is 4.90 Å². The minimum atomic E-state index is -0.429. The average molecular weight is 331 g/mol. The van der Waals surface area contributed by atoms with Gasteiger partial charge in [0.2, 0.25) is 0 Å². The minimum Gasteiger partial charge on any atom is -0.491 e. The molecule has 1 fully saturated rings. The van der Waals surface area contributed by atoms with Gasteiger partial charge in [0, 0.05) is 12.6 Å². The highest BCUT2D eigenvalue weighted by molar-refractivity contribution is 5.85. The summed E-state index contributed by atoms with van der Waals surface area (Å²) in [6.45, 7) is 4.92. The maximum Gasteiger partial charge on any atom is 0.273 e. The first-order valence-corrected chi connectivity index (χ1v) is 7.43. The van der Waals surface area contributed by atoms with Gasteiger partial charge in [-0.3, -0.25) is 10.1 Å². The van der Waals surface area contributed by atoms with E-state index in [4.69, 9.17) is 9.47 Å². The number of nitro benzene ring substituents is 1. The summed E-state index contributed by atoms with van der Waals surface area (Å²) in [5.74, 6) is 0.504. The van der Waals surface area contributed by atoms with Gasteiger partial charge < -0.3 is 14.4 Å². The van der Waals surface area contributed by atoms with Crippen LogP contribution in [0.3, 0.4) is 0 Å². The Kier molecular flexibility index (Phi) is 8.81. The SMILES string of the molecule is Cl.O=[N+]([O-])c1cccc(OCCOCCN2CCCCC2)c1. The van der Waals surface area contributed by atoms with Crippen LogP contribution in [0.2, 0.25) is 0 Å². The molecule has 0 N–H and O–H groups in total. The second kappa shape index (κ2) is 10.4. The lowest BCUT2D eigenvalue weighted by Gasteiger charge is -2.26. The van der Waals surface area contributed by atoms with Crippen LogP contribution < -0.4 is 4.74 Å². The largest absolute Gasteiger partial charge is 0.491 e. The molecule has 0 bridgehead atoms. The van der Waals surface area contributed by atoms with Crippen LogP contribution >= 0.6 is 12.4 Å². The molecule has 22 heavy (non-hydrogen) atoms. The van der Waals surface area contributed by atoms with Crippen LogP contribution in [0.5, 0.6) is 5.75 Å². The number of nitrogens with zero attached hydrogens (tertiary/aromatic N) is 2. The van der Waals surface area contributed by atoms with Crippen LogP contribution in [-0.4, -0.2) is 49.3 Å². The molecule has 1 aliphatic heterocycles. The molecule has 1 aliphatic rings. The van der Waals surface area contributed by atoms with E-state index >= 15 is 0 Å². The van der Waals surface area contributed by atoms with E-state index in [1.54, 1.807) is 12.1 Å². The number of rotatable bonds is 8. The lowest BCUT2D eigenvalue weighted by molar-refractivity contribution is -0.384. The highest BCUT2D eigenvalue weighted by atomic mass is 35.5. The Bertz CT molecular complexity index is 453. The van der Waals surface area contributed by atoms with E-state index in [1.165, 1.54) is 44.5 Å². The third kappa shape index (κ3) is 6.60. The van der Waals surface area contributed by atoms with Crippen molar-refractivity contribution < 1.29 is 14.4 Å². The van der Waals surface area contributed by atoms with Crippen molar-refractivity contribution in [2.24, 2.45) is 0 Å². The molecule has 1 saturated heterocycles. The van der Waals surface area contributed by atoms with Gasteiger partial charge in [0.15, 0.2) is 0 Å². The maximum atomic E-state index is 10.6. The standard InChI is InChI=1S/C15H22N2O4.ClH/c18-17(19)14-5-4-6-15(13-14)21-12-11-20-10-9-16-7-2-1-3-8-16;/h4-6,13H,1-3,7-12H2;1H.